The van der Waals surface area contributed by atoms with E-state index >= 15 is 0 Å². The first-order valence-electron chi connectivity index (χ1n) is 9.72. The Balaban J connectivity index is 2.24. The van der Waals surface area contributed by atoms with Gasteiger partial charge in [0.05, 0.1) is 22.7 Å². The highest BCUT2D eigenvalue weighted by atomic mass is 32.2. The minimum Gasteiger partial charge on any atom is -0.498 e. The summed E-state index contributed by atoms with van der Waals surface area (Å²) in [6, 6.07) is 8.36. The summed E-state index contributed by atoms with van der Waals surface area (Å²) in [5.74, 6) is 0. The first-order chi connectivity index (χ1) is 12.5. The molecular weight excluding hydrogens is 376 g/mol. The first kappa shape index (κ1) is 23.9. The van der Waals surface area contributed by atoms with Crippen molar-refractivity contribution in [1.82, 2.24) is 0 Å². The average Bonchev–Trinajstić information content (AvgIpc) is 2.57. The van der Waals surface area contributed by atoms with Crippen molar-refractivity contribution in [2.75, 3.05) is 6.61 Å². The molecule has 6 heteroatoms. The Morgan fingerprint density at radius 2 is 1.70 bits per heavy atom. The van der Waals surface area contributed by atoms with Gasteiger partial charge in [-0.2, -0.15) is 0 Å². The van der Waals surface area contributed by atoms with Crippen molar-refractivity contribution in [2.45, 2.75) is 82.5 Å². The van der Waals surface area contributed by atoms with Crippen molar-refractivity contribution in [3.63, 3.8) is 0 Å². The lowest BCUT2D eigenvalue weighted by atomic mass is 10.1. The van der Waals surface area contributed by atoms with E-state index in [1.807, 2.05) is 6.92 Å². The topological polar surface area (TPSA) is 52.6 Å². The number of benzene rings is 1. The fraction of sp³-hybridized carbons (Fsp3) is 0.619. The van der Waals surface area contributed by atoms with Gasteiger partial charge in [-0.25, -0.2) is 8.42 Å². The SMILES string of the molecule is CC(CCCCCO[Si](C)(C)C(C)(C)C)O/C=C/S(=O)(=O)c1ccccc1. The van der Waals surface area contributed by atoms with Crippen molar-refractivity contribution in [1.29, 1.82) is 0 Å². The minimum atomic E-state index is -3.43. The highest BCUT2D eigenvalue weighted by Gasteiger charge is 2.36. The van der Waals surface area contributed by atoms with Crippen LogP contribution in [0.15, 0.2) is 46.9 Å². The molecule has 0 spiro atoms. The van der Waals surface area contributed by atoms with Crippen LogP contribution < -0.4 is 0 Å². The second-order valence-electron chi connectivity index (χ2n) is 8.54. The Kier molecular flexibility index (Phi) is 9.25. The largest absolute Gasteiger partial charge is 0.498 e. The van der Waals surface area contributed by atoms with Gasteiger partial charge in [0.1, 0.15) is 0 Å². The zero-order valence-electron chi connectivity index (χ0n) is 17.7. The van der Waals surface area contributed by atoms with Crippen LogP contribution in [0.25, 0.3) is 0 Å². The third kappa shape index (κ3) is 8.62. The van der Waals surface area contributed by atoms with Crippen LogP contribution >= 0.6 is 0 Å². The second kappa shape index (κ2) is 10.4. The third-order valence-electron chi connectivity index (χ3n) is 5.14. The summed E-state index contributed by atoms with van der Waals surface area (Å²) in [6.07, 6.45) is 5.38. The number of hydrogen-bond acceptors (Lipinski definition) is 4. The van der Waals surface area contributed by atoms with Gasteiger partial charge >= 0.3 is 0 Å². The lowest BCUT2D eigenvalue weighted by Crippen LogP contribution is -2.40. The van der Waals surface area contributed by atoms with Crippen LogP contribution in [0.3, 0.4) is 0 Å². The van der Waals surface area contributed by atoms with E-state index in [1.54, 1.807) is 30.3 Å². The van der Waals surface area contributed by atoms with Gasteiger partial charge in [-0.1, -0.05) is 45.4 Å². The molecule has 0 saturated carbocycles. The molecule has 27 heavy (non-hydrogen) atoms. The fourth-order valence-electron chi connectivity index (χ4n) is 2.25. The van der Waals surface area contributed by atoms with Gasteiger partial charge in [0, 0.05) is 6.61 Å². The zero-order valence-corrected chi connectivity index (χ0v) is 19.5. The van der Waals surface area contributed by atoms with Gasteiger partial charge < -0.3 is 9.16 Å². The molecule has 0 radical (unpaired) electrons. The van der Waals surface area contributed by atoms with E-state index in [2.05, 4.69) is 33.9 Å². The molecule has 0 aliphatic carbocycles. The van der Waals surface area contributed by atoms with E-state index in [4.69, 9.17) is 9.16 Å². The van der Waals surface area contributed by atoms with E-state index in [1.165, 1.54) is 6.26 Å². The number of rotatable bonds is 11. The van der Waals surface area contributed by atoms with Gasteiger partial charge in [-0.3, -0.25) is 0 Å². The predicted octanol–water partition coefficient (Wildman–Crippen LogP) is 5.92. The van der Waals surface area contributed by atoms with Crippen LogP contribution in [0.5, 0.6) is 0 Å². The molecule has 1 atom stereocenters. The van der Waals surface area contributed by atoms with Crippen molar-refractivity contribution < 1.29 is 17.6 Å². The summed E-state index contributed by atoms with van der Waals surface area (Å²) < 4.78 is 35.9. The van der Waals surface area contributed by atoms with Gasteiger partial charge in [0.25, 0.3) is 0 Å². The Bertz CT molecular complexity index is 676. The van der Waals surface area contributed by atoms with E-state index in [0.717, 1.165) is 37.7 Å². The Morgan fingerprint density at radius 1 is 1.07 bits per heavy atom. The van der Waals surface area contributed by atoms with Crippen molar-refractivity contribution in [2.24, 2.45) is 0 Å². The molecule has 1 rings (SSSR count). The fourth-order valence-corrected chi connectivity index (χ4v) is 4.24. The summed E-state index contributed by atoms with van der Waals surface area (Å²) in [6.45, 7) is 14.1. The zero-order chi connectivity index (χ0) is 20.6. The highest BCUT2D eigenvalue weighted by Crippen LogP contribution is 2.36. The number of sulfone groups is 1. The van der Waals surface area contributed by atoms with Crippen LogP contribution in [0.2, 0.25) is 18.1 Å². The van der Waals surface area contributed by atoms with Crippen LogP contribution in [0.4, 0.5) is 0 Å². The molecule has 154 valence electrons. The lowest BCUT2D eigenvalue weighted by Gasteiger charge is -2.36. The molecule has 1 aromatic rings. The summed E-state index contributed by atoms with van der Waals surface area (Å²) in [5.41, 5.74) is 0. The minimum absolute atomic E-state index is 0.00599. The first-order valence-corrected chi connectivity index (χ1v) is 14.2. The maximum Gasteiger partial charge on any atom is 0.202 e. The molecule has 0 amide bonds. The van der Waals surface area contributed by atoms with Crippen LogP contribution in [0.1, 0.15) is 53.4 Å². The second-order valence-corrected chi connectivity index (χ2v) is 15.2. The van der Waals surface area contributed by atoms with Gasteiger partial charge in [-0.05, 0) is 56.5 Å². The summed E-state index contributed by atoms with van der Waals surface area (Å²) in [5, 5.41) is 1.38. The maximum atomic E-state index is 12.1. The number of unbranched alkanes of at least 4 members (excludes halogenated alkanes) is 2. The number of ether oxygens (including phenoxy) is 1. The quantitative estimate of drug-likeness (QED) is 0.257. The van der Waals surface area contributed by atoms with Crippen LogP contribution in [-0.4, -0.2) is 29.4 Å². The van der Waals surface area contributed by atoms with Gasteiger partial charge in [0.15, 0.2) is 8.32 Å². The average molecular weight is 413 g/mol. The molecule has 0 saturated heterocycles. The van der Waals surface area contributed by atoms with Crippen molar-refractivity contribution >= 4 is 18.2 Å². The summed E-state index contributed by atoms with van der Waals surface area (Å²) in [4.78, 5) is 0.277. The third-order valence-corrected chi connectivity index (χ3v) is 11.1. The lowest BCUT2D eigenvalue weighted by molar-refractivity contribution is 0.149. The molecule has 0 aliphatic rings. The van der Waals surface area contributed by atoms with E-state index in [0.29, 0.717) is 0 Å². The molecule has 0 bridgehead atoms. The predicted molar refractivity (Wildman–Crippen MR) is 115 cm³/mol. The normalized spacial score (nSPS) is 14.4. The smallest absolute Gasteiger partial charge is 0.202 e. The summed E-state index contributed by atoms with van der Waals surface area (Å²) >= 11 is 0. The molecule has 0 heterocycles. The summed E-state index contributed by atoms with van der Waals surface area (Å²) in [7, 11) is -5.07. The van der Waals surface area contributed by atoms with E-state index in [-0.39, 0.29) is 16.0 Å². The van der Waals surface area contributed by atoms with Crippen molar-refractivity contribution in [3.05, 3.63) is 42.0 Å². The van der Waals surface area contributed by atoms with E-state index < -0.39 is 18.2 Å². The standard InChI is InChI=1S/C21H36O4SSi/c1-19(13-9-8-12-16-25-27(5,6)21(2,3)4)24-17-18-26(22,23)20-14-10-7-11-15-20/h7,10-11,14-15,17-19H,8-9,12-13,16H2,1-6H3/b18-17+. The number of hydrogen-bond donors (Lipinski definition) is 0. The molecular formula is C21H36O4SSi. The Morgan fingerprint density at radius 3 is 2.30 bits per heavy atom. The molecule has 1 unspecified atom stereocenters. The Labute approximate surface area is 167 Å². The van der Waals surface area contributed by atoms with Crippen LogP contribution in [-0.2, 0) is 19.0 Å². The van der Waals surface area contributed by atoms with E-state index in [9.17, 15) is 8.42 Å². The van der Waals surface area contributed by atoms with Gasteiger partial charge in [0.2, 0.25) is 9.84 Å². The molecule has 1 aromatic carbocycles. The molecule has 4 nitrogen and oxygen atoms in total. The molecule has 0 aliphatic heterocycles. The van der Waals surface area contributed by atoms with Crippen molar-refractivity contribution in [3.8, 4) is 0 Å². The molecule has 0 aromatic heterocycles. The molecule has 0 fully saturated rings. The maximum absolute atomic E-state index is 12.1. The Hall–Kier alpha value is -1.11. The highest BCUT2D eigenvalue weighted by molar-refractivity contribution is 7.94. The monoisotopic (exact) mass is 412 g/mol. The van der Waals surface area contributed by atoms with Gasteiger partial charge in [-0.15, -0.1) is 0 Å². The van der Waals surface area contributed by atoms with Crippen LogP contribution in [0, 0.1) is 0 Å². The molecule has 0 N–H and O–H groups in total.